The second kappa shape index (κ2) is 6.29. The molecule has 0 amide bonds. The smallest absolute Gasteiger partial charge is 0.241 e. The van der Waals surface area contributed by atoms with Crippen LogP contribution >= 0.6 is 0 Å². The van der Waals surface area contributed by atoms with Crippen LogP contribution in [0.4, 0.5) is 0 Å². The number of aryl methyl sites for hydroxylation is 1. The van der Waals surface area contributed by atoms with Gasteiger partial charge >= 0.3 is 0 Å². The average Bonchev–Trinajstić information content (AvgIpc) is 2.98. The van der Waals surface area contributed by atoms with Gasteiger partial charge in [0.05, 0.1) is 11.2 Å². The van der Waals surface area contributed by atoms with Crippen LogP contribution < -0.4 is 4.72 Å². The van der Waals surface area contributed by atoms with Gasteiger partial charge in [0, 0.05) is 5.57 Å². The van der Waals surface area contributed by atoms with E-state index in [1.807, 2.05) is 6.92 Å². The molecule has 1 aromatic carbocycles. The molecule has 1 unspecified atom stereocenters. The van der Waals surface area contributed by atoms with Crippen molar-refractivity contribution >= 4 is 15.8 Å². The summed E-state index contributed by atoms with van der Waals surface area (Å²) in [6.45, 7) is 6.87. The number of rotatable bonds is 6. The number of hydrogen-bond donors (Lipinski definition) is 1. The molecule has 0 spiro atoms. The van der Waals surface area contributed by atoms with Crippen molar-refractivity contribution < 1.29 is 17.6 Å². The Balaban J connectivity index is 2.36. The Morgan fingerprint density at radius 3 is 2.36 bits per heavy atom. The molecule has 5 nitrogen and oxygen atoms in total. The molecule has 0 aliphatic heterocycles. The lowest BCUT2D eigenvalue weighted by atomic mass is 10.0. The molecule has 0 bridgehead atoms. The molecule has 0 fully saturated rings. The second-order valence-electron chi connectivity index (χ2n) is 4.96. The predicted molar refractivity (Wildman–Crippen MR) is 82.8 cm³/mol. The van der Waals surface area contributed by atoms with Crippen LogP contribution in [0.1, 0.15) is 24.3 Å². The Hall–Kier alpha value is -2.18. The number of ketones is 1. The minimum atomic E-state index is -3.80. The summed E-state index contributed by atoms with van der Waals surface area (Å²) in [5.41, 5.74) is 1.07. The summed E-state index contributed by atoms with van der Waals surface area (Å²) in [6.07, 6.45) is 1.41. The highest BCUT2D eigenvalue weighted by molar-refractivity contribution is 7.89. The van der Waals surface area contributed by atoms with Gasteiger partial charge in [-0.3, -0.25) is 4.79 Å². The summed E-state index contributed by atoms with van der Waals surface area (Å²) in [4.78, 5) is 11.7. The molecule has 1 N–H and O–H groups in total. The van der Waals surface area contributed by atoms with Gasteiger partial charge in [0.2, 0.25) is 10.0 Å². The Morgan fingerprint density at radius 1 is 1.23 bits per heavy atom. The van der Waals surface area contributed by atoms with Crippen LogP contribution in [0.5, 0.6) is 0 Å². The van der Waals surface area contributed by atoms with Crippen molar-refractivity contribution in [2.24, 2.45) is 0 Å². The van der Waals surface area contributed by atoms with Crippen LogP contribution in [-0.2, 0) is 14.8 Å². The van der Waals surface area contributed by atoms with E-state index in [2.05, 4.69) is 11.3 Å². The second-order valence-corrected chi connectivity index (χ2v) is 6.68. The van der Waals surface area contributed by atoms with Crippen LogP contribution in [0.15, 0.2) is 64.1 Å². The number of benzene rings is 1. The Morgan fingerprint density at radius 2 is 1.86 bits per heavy atom. The molecule has 2 aromatic rings. The van der Waals surface area contributed by atoms with Crippen LogP contribution in [-0.4, -0.2) is 14.2 Å². The maximum absolute atomic E-state index is 12.5. The molecule has 1 heterocycles. The fraction of sp³-hybridized carbons (Fsp3) is 0.188. The first-order valence-corrected chi connectivity index (χ1v) is 8.11. The molecule has 0 saturated carbocycles. The molecule has 22 heavy (non-hydrogen) atoms. The first-order valence-electron chi connectivity index (χ1n) is 6.63. The molecular weight excluding hydrogens is 302 g/mol. The van der Waals surface area contributed by atoms with Crippen LogP contribution in [0, 0.1) is 6.92 Å². The van der Waals surface area contributed by atoms with Gasteiger partial charge in [-0.2, -0.15) is 4.72 Å². The Bertz CT molecular complexity index is 774. The van der Waals surface area contributed by atoms with Crippen molar-refractivity contribution in [1.82, 2.24) is 4.72 Å². The average molecular weight is 319 g/mol. The topological polar surface area (TPSA) is 76.4 Å². The van der Waals surface area contributed by atoms with E-state index in [0.29, 0.717) is 5.76 Å². The lowest BCUT2D eigenvalue weighted by molar-refractivity contribution is -0.113. The van der Waals surface area contributed by atoms with E-state index in [0.717, 1.165) is 5.56 Å². The molecule has 0 aliphatic rings. The maximum Gasteiger partial charge on any atom is 0.241 e. The van der Waals surface area contributed by atoms with Crippen molar-refractivity contribution in [2.75, 3.05) is 0 Å². The van der Waals surface area contributed by atoms with E-state index < -0.39 is 16.1 Å². The molecule has 2 rings (SSSR count). The minimum absolute atomic E-state index is 0.116. The van der Waals surface area contributed by atoms with E-state index in [1.54, 1.807) is 24.3 Å². The van der Waals surface area contributed by atoms with Gasteiger partial charge in [-0.1, -0.05) is 24.3 Å². The Labute approximate surface area is 129 Å². The minimum Gasteiger partial charge on any atom is -0.467 e. The molecule has 0 radical (unpaired) electrons. The zero-order chi connectivity index (χ0) is 16.3. The third kappa shape index (κ3) is 3.52. The third-order valence-corrected chi connectivity index (χ3v) is 4.67. The summed E-state index contributed by atoms with van der Waals surface area (Å²) in [5, 5.41) is 0. The highest BCUT2D eigenvalue weighted by Gasteiger charge is 2.27. The number of carbonyl (C=O) groups is 1. The van der Waals surface area contributed by atoms with E-state index >= 15 is 0 Å². The zero-order valence-corrected chi connectivity index (χ0v) is 13.2. The molecule has 116 valence electrons. The van der Waals surface area contributed by atoms with E-state index in [-0.39, 0.29) is 16.3 Å². The van der Waals surface area contributed by atoms with Crippen molar-refractivity contribution in [1.29, 1.82) is 0 Å². The molecule has 0 aliphatic carbocycles. The van der Waals surface area contributed by atoms with Crippen molar-refractivity contribution in [3.63, 3.8) is 0 Å². The van der Waals surface area contributed by atoms with E-state index in [9.17, 15) is 13.2 Å². The quantitative estimate of drug-likeness (QED) is 0.831. The molecular formula is C16H17NO4S. The van der Waals surface area contributed by atoms with Gasteiger partial charge < -0.3 is 4.42 Å². The lowest BCUT2D eigenvalue weighted by Gasteiger charge is -2.17. The fourth-order valence-electron chi connectivity index (χ4n) is 1.90. The lowest BCUT2D eigenvalue weighted by Crippen LogP contribution is -2.31. The first kappa shape index (κ1) is 16.2. The number of hydrogen-bond acceptors (Lipinski definition) is 4. The maximum atomic E-state index is 12.5. The van der Waals surface area contributed by atoms with Gasteiger partial charge in [-0.15, -0.1) is 0 Å². The van der Waals surface area contributed by atoms with E-state index in [1.165, 1.54) is 25.3 Å². The van der Waals surface area contributed by atoms with E-state index in [4.69, 9.17) is 4.42 Å². The molecule has 1 atom stereocenters. The van der Waals surface area contributed by atoms with Crippen LogP contribution in [0.3, 0.4) is 0 Å². The predicted octanol–water partition coefficient (Wildman–Crippen LogP) is 2.75. The van der Waals surface area contributed by atoms with Crippen molar-refractivity contribution in [2.45, 2.75) is 24.8 Å². The van der Waals surface area contributed by atoms with Gasteiger partial charge in [0.25, 0.3) is 0 Å². The molecule has 1 aromatic heterocycles. The first-order chi connectivity index (χ1) is 10.3. The highest BCUT2D eigenvalue weighted by atomic mass is 32.2. The summed E-state index contributed by atoms with van der Waals surface area (Å²) < 4.78 is 32.6. The van der Waals surface area contributed by atoms with Crippen LogP contribution in [0.2, 0.25) is 0 Å². The summed E-state index contributed by atoms with van der Waals surface area (Å²) >= 11 is 0. The molecule has 0 saturated heterocycles. The number of furan rings is 1. The van der Waals surface area contributed by atoms with Gasteiger partial charge in [-0.05, 0) is 38.1 Å². The number of sulfonamides is 1. The largest absolute Gasteiger partial charge is 0.467 e. The standard InChI is InChI=1S/C16H17NO4S/c1-11-6-8-14(9-7-11)22(19,20)17-16(12(2)13(3)18)15-5-4-10-21-15/h4-10,16-17H,2H2,1,3H3. The number of carbonyl (C=O) groups excluding carboxylic acids is 1. The number of Topliss-reactive ketones (excluding diaryl/α,β-unsaturated/α-hetero) is 1. The summed E-state index contributed by atoms with van der Waals surface area (Å²) in [6, 6.07) is 8.71. The highest BCUT2D eigenvalue weighted by Crippen LogP contribution is 2.24. The fourth-order valence-corrected chi connectivity index (χ4v) is 3.10. The van der Waals surface area contributed by atoms with Gasteiger partial charge in [-0.25, -0.2) is 8.42 Å². The molecule has 6 heteroatoms. The van der Waals surface area contributed by atoms with Gasteiger partial charge in [0.15, 0.2) is 5.78 Å². The normalized spacial score (nSPS) is 12.8. The monoisotopic (exact) mass is 319 g/mol. The van der Waals surface area contributed by atoms with Crippen LogP contribution in [0.25, 0.3) is 0 Å². The van der Waals surface area contributed by atoms with Crippen molar-refractivity contribution in [3.05, 3.63) is 66.1 Å². The van der Waals surface area contributed by atoms with Crippen molar-refractivity contribution in [3.8, 4) is 0 Å². The van der Waals surface area contributed by atoms with Gasteiger partial charge in [0.1, 0.15) is 11.8 Å². The Kier molecular flexibility index (Phi) is 4.63. The summed E-state index contributed by atoms with van der Waals surface area (Å²) in [5.74, 6) is 0.00360. The number of nitrogens with one attached hydrogen (secondary N) is 1. The zero-order valence-electron chi connectivity index (χ0n) is 12.4. The SMILES string of the molecule is C=C(C(C)=O)C(NS(=O)(=O)c1ccc(C)cc1)c1ccco1. The third-order valence-electron chi connectivity index (χ3n) is 3.23. The summed E-state index contributed by atoms with van der Waals surface area (Å²) in [7, 11) is -3.80.